The smallest absolute Gasteiger partial charge is 0.264 e. The molecule has 7 nitrogen and oxygen atoms in total. The molecule has 0 unspecified atom stereocenters. The Morgan fingerprint density at radius 3 is 2.20 bits per heavy atom. The van der Waals surface area contributed by atoms with Gasteiger partial charge in [0.25, 0.3) is 10.0 Å². The number of anilines is 1. The maximum Gasteiger partial charge on any atom is 0.264 e. The van der Waals surface area contributed by atoms with E-state index < -0.39 is 34.3 Å². The third-order valence-electron chi connectivity index (χ3n) is 6.14. The zero-order chi connectivity index (χ0) is 29.4. The van der Waals surface area contributed by atoms with Crippen LogP contribution >= 0.6 is 23.2 Å². The summed E-state index contributed by atoms with van der Waals surface area (Å²) < 4.78 is 43.1. The Hall–Kier alpha value is -3.14. The van der Waals surface area contributed by atoms with Crippen LogP contribution in [0.5, 0.6) is 0 Å². The topological polar surface area (TPSA) is 86.8 Å². The fourth-order valence-electron chi connectivity index (χ4n) is 4.06. The quantitative estimate of drug-likeness (QED) is 0.277. The number of para-hydroxylation sites is 1. The minimum Gasteiger partial charge on any atom is -0.354 e. The van der Waals surface area contributed by atoms with Gasteiger partial charge in [0.15, 0.2) is 0 Å². The molecule has 0 fully saturated rings. The van der Waals surface area contributed by atoms with Crippen LogP contribution in [0.1, 0.15) is 32.8 Å². The number of sulfonamides is 1. The van der Waals surface area contributed by atoms with Crippen LogP contribution in [0.2, 0.25) is 10.0 Å². The van der Waals surface area contributed by atoms with Crippen LogP contribution in [0, 0.1) is 11.7 Å². The minimum atomic E-state index is -4.36. The Morgan fingerprint density at radius 2 is 1.60 bits per heavy atom. The van der Waals surface area contributed by atoms with Crippen LogP contribution in [0.4, 0.5) is 10.1 Å². The summed E-state index contributed by atoms with van der Waals surface area (Å²) >= 11 is 12.3. The summed E-state index contributed by atoms with van der Waals surface area (Å²) in [6.07, 6.45) is 0.252. The molecule has 0 saturated heterocycles. The summed E-state index contributed by atoms with van der Waals surface area (Å²) in [4.78, 5) is 28.4. The first-order valence-electron chi connectivity index (χ1n) is 12.8. The molecule has 2 amide bonds. The van der Waals surface area contributed by atoms with Crippen LogP contribution in [-0.2, 0) is 26.2 Å². The number of halogens is 3. The van der Waals surface area contributed by atoms with E-state index in [1.165, 1.54) is 47.4 Å². The van der Waals surface area contributed by atoms with E-state index in [9.17, 15) is 22.4 Å². The molecule has 40 heavy (non-hydrogen) atoms. The minimum absolute atomic E-state index is 0.0557. The summed E-state index contributed by atoms with van der Waals surface area (Å²) in [6, 6.07) is 16.7. The SMILES string of the molecule is CC[C@@H](C(=O)NCC(C)C)N(Cc1ccc(Cl)c(Cl)c1)C(=O)CN(c1ccccc1F)S(=O)(=O)c1ccccc1. The normalized spacial score (nSPS) is 12.2. The Kier molecular flexibility index (Phi) is 11.0. The van der Waals surface area contributed by atoms with E-state index in [0.717, 1.165) is 10.4 Å². The van der Waals surface area contributed by atoms with Crippen molar-refractivity contribution in [2.24, 2.45) is 5.92 Å². The maximum absolute atomic E-state index is 15.0. The number of carbonyl (C=O) groups is 2. The molecule has 0 heterocycles. The summed E-state index contributed by atoms with van der Waals surface area (Å²) in [5.41, 5.74) is 0.299. The fraction of sp³-hybridized carbons (Fsp3) is 0.310. The van der Waals surface area contributed by atoms with Crippen molar-refractivity contribution in [3.63, 3.8) is 0 Å². The van der Waals surface area contributed by atoms with Gasteiger partial charge in [0.2, 0.25) is 11.8 Å². The lowest BCUT2D eigenvalue weighted by molar-refractivity contribution is -0.140. The van der Waals surface area contributed by atoms with Gasteiger partial charge in [0.05, 0.1) is 20.6 Å². The molecule has 1 N–H and O–H groups in total. The number of hydrogen-bond donors (Lipinski definition) is 1. The molecule has 3 aromatic rings. The number of hydrogen-bond acceptors (Lipinski definition) is 4. The third-order valence-corrected chi connectivity index (χ3v) is 8.65. The summed E-state index contributed by atoms with van der Waals surface area (Å²) in [7, 11) is -4.36. The van der Waals surface area contributed by atoms with E-state index in [1.807, 2.05) is 13.8 Å². The Morgan fingerprint density at radius 1 is 0.950 bits per heavy atom. The highest BCUT2D eigenvalue weighted by Gasteiger charge is 2.34. The van der Waals surface area contributed by atoms with Crippen LogP contribution in [-0.4, -0.2) is 44.3 Å². The molecule has 3 aromatic carbocycles. The van der Waals surface area contributed by atoms with Gasteiger partial charge in [0, 0.05) is 13.1 Å². The maximum atomic E-state index is 15.0. The van der Waals surface area contributed by atoms with Gasteiger partial charge in [-0.25, -0.2) is 12.8 Å². The monoisotopic (exact) mass is 607 g/mol. The average Bonchev–Trinajstić information content (AvgIpc) is 2.93. The molecular formula is C29H32Cl2FN3O4S. The van der Waals surface area contributed by atoms with Crippen molar-refractivity contribution >= 4 is 50.7 Å². The molecule has 3 rings (SSSR count). The van der Waals surface area contributed by atoms with Gasteiger partial charge in [-0.15, -0.1) is 0 Å². The van der Waals surface area contributed by atoms with Gasteiger partial charge in [0.1, 0.15) is 18.4 Å². The lowest BCUT2D eigenvalue weighted by Crippen LogP contribution is -2.52. The molecule has 214 valence electrons. The molecule has 0 aromatic heterocycles. The van der Waals surface area contributed by atoms with Crippen LogP contribution < -0.4 is 9.62 Å². The number of benzene rings is 3. The zero-order valence-corrected chi connectivity index (χ0v) is 24.8. The first kappa shape index (κ1) is 31.4. The summed E-state index contributed by atoms with van der Waals surface area (Å²) in [5.74, 6) is -1.71. The van der Waals surface area contributed by atoms with E-state index in [-0.39, 0.29) is 40.4 Å². The van der Waals surface area contributed by atoms with E-state index in [1.54, 1.807) is 31.2 Å². The molecule has 0 aliphatic heterocycles. The number of carbonyl (C=O) groups excluding carboxylic acids is 2. The van der Waals surface area contributed by atoms with Crippen LogP contribution in [0.25, 0.3) is 0 Å². The second kappa shape index (κ2) is 14.0. The van der Waals surface area contributed by atoms with Gasteiger partial charge < -0.3 is 10.2 Å². The van der Waals surface area contributed by atoms with Gasteiger partial charge >= 0.3 is 0 Å². The Bertz CT molecular complexity index is 1440. The molecular weight excluding hydrogens is 576 g/mol. The molecule has 0 aliphatic carbocycles. The lowest BCUT2D eigenvalue weighted by Gasteiger charge is -2.33. The first-order chi connectivity index (χ1) is 18.9. The van der Waals surface area contributed by atoms with Crippen molar-refractivity contribution in [3.8, 4) is 0 Å². The number of nitrogens with zero attached hydrogens (tertiary/aromatic N) is 2. The Balaban J connectivity index is 2.06. The van der Waals surface area contributed by atoms with E-state index in [2.05, 4.69) is 5.32 Å². The number of rotatable bonds is 12. The third kappa shape index (κ3) is 7.74. The largest absolute Gasteiger partial charge is 0.354 e. The highest BCUT2D eigenvalue weighted by Crippen LogP contribution is 2.28. The predicted molar refractivity (Wildman–Crippen MR) is 156 cm³/mol. The number of nitrogens with one attached hydrogen (secondary N) is 1. The summed E-state index contributed by atoms with van der Waals surface area (Å²) in [5, 5.41) is 3.44. The first-order valence-corrected chi connectivity index (χ1v) is 15.0. The fourth-order valence-corrected chi connectivity index (χ4v) is 5.83. The highest BCUT2D eigenvalue weighted by molar-refractivity contribution is 7.92. The van der Waals surface area contributed by atoms with Crippen molar-refractivity contribution in [2.45, 2.75) is 44.7 Å². The van der Waals surface area contributed by atoms with Crippen molar-refractivity contribution in [1.29, 1.82) is 0 Å². The van der Waals surface area contributed by atoms with Gasteiger partial charge in [-0.1, -0.05) is 80.4 Å². The lowest BCUT2D eigenvalue weighted by atomic mass is 10.1. The van der Waals surface area contributed by atoms with Crippen molar-refractivity contribution < 1.29 is 22.4 Å². The van der Waals surface area contributed by atoms with Gasteiger partial charge in [-0.05, 0) is 54.3 Å². The second-order valence-corrected chi connectivity index (χ2v) is 12.3. The van der Waals surface area contributed by atoms with Crippen LogP contribution in [0.15, 0.2) is 77.7 Å². The van der Waals surface area contributed by atoms with Crippen molar-refractivity contribution in [2.75, 3.05) is 17.4 Å². The highest BCUT2D eigenvalue weighted by atomic mass is 35.5. The predicted octanol–water partition coefficient (Wildman–Crippen LogP) is 5.91. The van der Waals surface area contributed by atoms with Gasteiger partial charge in [-0.2, -0.15) is 0 Å². The molecule has 11 heteroatoms. The molecule has 0 saturated carbocycles. The zero-order valence-electron chi connectivity index (χ0n) is 22.5. The van der Waals surface area contributed by atoms with Crippen molar-refractivity contribution in [3.05, 3.63) is 94.2 Å². The summed E-state index contributed by atoms with van der Waals surface area (Å²) in [6.45, 7) is 5.24. The van der Waals surface area contributed by atoms with E-state index in [4.69, 9.17) is 23.2 Å². The van der Waals surface area contributed by atoms with E-state index in [0.29, 0.717) is 17.1 Å². The van der Waals surface area contributed by atoms with Crippen molar-refractivity contribution in [1.82, 2.24) is 10.2 Å². The molecule has 0 radical (unpaired) electrons. The number of amides is 2. The van der Waals surface area contributed by atoms with Crippen LogP contribution in [0.3, 0.4) is 0 Å². The molecule has 0 spiro atoms. The average molecular weight is 609 g/mol. The molecule has 0 bridgehead atoms. The molecule has 1 atom stereocenters. The van der Waals surface area contributed by atoms with Gasteiger partial charge in [-0.3, -0.25) is 13.9 Å². The van der Waals surface area contributed by atoms with E-state index >= 15 is 0 Å². The standard InChI is InChI=1S/C29H32Cl2FN3O4S/c1-4-26(29(37)33-17-20(2)3)34(18-21-14-15-23(30)24(31)16-21)28(36)19-35(27-13-9-8-12-25(27)32)40(38,39)22-10-6-5-7-11-22/h5-16,20,26H,4,17-19H2,1-3H3,(H,33,37)/t26-/m0/s1. The molecule has 0 aliphatic rings. The second-order valence-electron chi connectivity index (χ2n) is 9.61. The Labute approximate surface area is 244 Å².